The number of hydrogen-bond donors (Lipinski definition) is 1. The molecule has 0 aliphatic carbocycles. The van der Waals surface area contributed by atoms with Gasteiger partial charge in [0.15, 0.2) is 0 Å². The highest BCUT2D eigenvalue weighted by atomic mass is 32.1. The van der Waals surface area contributed by atoms with Crippen LogP contribution in [0, 0.1) is 0 Å². The molecule has 0 unspecified atom stereocenters. The number of thiophene rings is 1. The lowest BCUT2D eigenvalue weighted by molar-refractivity contribution is -0.131. The molecular weight excluding hydrogens is 322 g/mol. The van der Waals surface area contributed by atoms with Gasteiger partial charge in [-0.25, -0.2) is 4.79 Å². The maximum absolute atomic E-state index is 12.6. The summed E-state index contributed by atoms with van der Waals surface area (Å²) in [4.78, 5) is 28.2. The monoisotopic (exact) mass is 345 g/mol. The maximum atomic E-state index is 12.6. The fourth-order valence-corrected chi connectivity index (χ4v) is 3.90. The van der Waals surface area contributed by atoms with Gasteiger partial charge in [0.05, 0.1) is 6.42 Å². The molecule has 2 aromatic rings. The van der Waals surface area contributed by atoms with Gasteiger partial charge in [-0.2, -0.15) is 0 Å². The highest BCUT2D eigenvalue weighted by Crippen LogP contribution is 2.26. The molecule has 5 nitrogen and oxygen atoms in total. The normalized spacial score (nSPS) is 15.1. The van der Waals surface area contributed by atoms with E-state index >= 15 is 0 Å². The Kier molecular flexibility index (Phi) is 5.04. The summed E-state index contributed by atoms with van der Waals surface area (Å²) in [6.45, 7) is 6.29. The summed E-state index contributed by atoms with van der Waals surface area (Å²) in [6.07, 6.45) is 0.433. The SMILES string of the molecule is CC(C)NC(=O)N1CCN(C(=O)Cc2csc3ccccc23)CC1. The van der Waals surface area contributed by atoms with Gasteiger partial charge in [0.2, 0.25) is 5.91 Å². The summed E-state index contributed by atoms with van der Waals surface area (Å²) in [7, 11) is 0. The summed E-state index contributed by atoms with van der Waals surface area (Å²) >= 11 is 1.68. The number of hydrogen-bond acceptors (Lipinski definition) is 3. The van der Waals surface area contributed by atoms with Crippen molar-refractivity contribution in [1.82, 2.24) is 15.1 Å². The first kappa shape index (κ1) is 16.8. The molecule has 1 N–H and O–H groups in total. The van der Waals surface area contributed by atoms with Crippen molar-refractivity contribution in [3.05, 3.63) is 35.2 Å². The van der Waals surface area contributed by atoms with Gasteiger partial charge in [0.25, 0.3) is 0 Å². The summed E-state index contributed by atoms with van der Waals surface area (Å²) < 4.78 is 1.22. The third-order valence-corrected chi connectivity index (χ3v) is 5.25. The summed E-state index contributed by atoms with van der Waals surface area (Å²) in [6, 6.07) is 8.27. The number of urea groups is 1. The molecule has 128 valence electrons. The minimum Gasteiger partial charge on any atom is -0.339 e. The van der Waals surface area contributed by atoms with Crippen LogP contribution in [-0.4, -0.2) is 54.0 Å². The number of amides is 3. The lowest BCUT2D eigenvalue weighted by Crippen LogP contribution is -2.54. The van der Waals surface area contributed by atoms with Crippen molar-refractivity contribution in [2.45, 2.75) is 26.3 Å². The fraction of sp³-hybridized carbons (Fsp3) is 0.444. The lowest BCUT2D eigenvalue weighted by atomic mass is 10.1. The molecule has 24 heavy (non-hydrogen) atoms. The minimum absolute atomic E-state index is 0.0408. The Morgan fingerprint density at radius 1 is 1.12 bits per heavy atom. The van der Waals surface area contributed by atoms with Gasteiger partial charge in [-0.3, -0.25) is 4.79 Å². The predicted octanol–water partition coefficient (Wildman–Crippen LogP) is 2.71. The van der Waals surface area contributed by atoms with E-state index in [9.17, 15) is 9.59 Å². The molecule has 1 saturated heterocycles. The first-order chi connectivity index (χ1) is 11.5. The van der Waals surface area contributed by atoms with Gasteiger partial charge in [-0.15, -0.1) is 11.3 Å². The molecule has 0 spiro atoms. The van der Waals surface area contributed by atoms with Crippen molar-refractivity contribution in [3.8, 4) is 0 Å². The molecule has 2 heterocycles. The van der Waals surface area contributed by atoms with Crippen LogP contribution in [0.25, 0.3) is 10.1 Å². The van der Waals surface area contributed by atoms with Gasteiger partial charge in [0, 0.05) is 36.9 Å². The Balaban J connectivity index is 1.57. The second-order valence-corrected chi connectivity index (χ2v) is 7.32. The number of carbonyl (C=O) groups excluding carboxylic acids is 2. The summed E-state index contributed by atoms with van der Waals surface area (Å²) in [5, 5.41) is 6.15. The van der Waals surface area contributed by atoms with Gasteiger partial charge in [-0.1, -0.05) is 18.2 Å². The Hall–Kier alpha value is -2.08. The van der Waals surface area contributed by atoms with Gasteiger partial charge in [-0.05, 0) is 36.2 Å². The van der Waals surface area contributed by atoms with E-state index in [0.717, 1.165) is 5.56 Å². The number of nitrogens with zero attached hydrogens (tertiary/aromatic N) is 2. The van der Waals surface area contributed by atoms with Gasteiger partial charge in [0.1, 0.15) is 0 Å². The van der Waals surface area contributed by atoms with E-state index in [1.807, 2.05) is 30.9 Å². The van der Waals surface area contributed by atoms with E-state index in [2.05, 4.69) is 22.8 Å². The summed E-state index contributed by atoms with van der Waals surface area (Å²) in [5.74, 6) is 0.141. The zero-order chi connectivity index (χ0) is 17.1. The van der Waals surface area contributed by atoms with Crippen molar-refractivity contribution in [2.24, 2.45) is 0 Å². The maximum Gasteiger partial charge on any atom is 0.317 e. The molecular formula is C18H23N3O2S. The van der Waals surface area contributed by atoms with E-state index in [-0.39, 0.29) is 18.0 Å². The third-order valence-electron chi connectivity index (χ3n) is 4.23. The first-order valence-electron chi connectivity index (χ1n) is 8.33. The Labute approximate surface area is 146 Å². The molecule has 0 atom stereocenters. The smallest absolute Gasteiger partial charge is 0.317 e. The van der Waals surface area contributed by atoms with Crippen LogP contribution >= 0.6 is 11.3 Å². The van der Waals surface area contributed by atoms with Crippen molar-refractivity contribution >= 4 is 33.4 Å². The Bertz CT molecular complexity index is 733. The topological polar surface area (TPSA) is 52.7 Å². The summed E-state index contributed by atoms with van der Waals surface area (Å²) in [5.41, 5.74) is 1.10. The standard InChI is InChI=1S/C18H23N3O2S/c1-13(2)19-18(23)21-9-7-20(8-10-21)17(22)11-14-12-24-16-6-4-3-5-15(14)16/h3-6,12-13H,7-11H2,1-2H3,(H,19,23). The highest BCUT2D eigenvalue weighted by molar-refractivity contribution is 7.17. The lowest BCUT2D eigenvalue weighted by Gasteiger charge is -2.35. The minimum atomic E-state index is -0.0408. The molecule has 1 aliphatic heterocycles. The number of fused-ring (bicyclic) bond motifs is 1. The number of carbonyl (C=O) groups is 2. The molecule has 0 saturated carbocycles. The zero-order valence-electron chi connectivity index (χ0n) is 14.1. The molecule has 3 amide bonds. The molecule has 3 rings (SSSR count). The van der Waals surface area contributed by atoms with Crippen LogP contribution < -0.4 is 5.32 Å². The number of benzene rings is 1. The second-order valence-electron chi connectivity index (χ2n) is 6.41. The zero-order valence-corrected chi connectivity index (χ0v) is 14.9. The number of rotatable bonds is 3. The van der Waals surface area contributed by atoms with Crippen molar-refractivity contribution in [1.29, 1.82) is 0 Å². The van der Waals surface area contributed by atoms with Gasteiger partial charge >= 0.3 is 6.03 Å². The van der Waals surface area contributed by atoms with Crippen molar-refractivity contribution in [2.75, 3.05) is 26.2 Å². The van der Waals surface area contributed by atoms with E-state index in [0.29, 0.717) is 32.6 Å². The van der Waals surface area contributed by atoms with Crippen LogP contribution in [0.15, 0.2) is 29.6 Å². The first-order valence-corrected chi connectivity index (χ1v) is 9.21. The largest absolute Gasteiger partial charge is 0.339 e. The van der Waals surface area contributed by atoms with Crippen LogP contribution in [0.2, 0.25) is 0 Å². The number of piperazine rings is 1. The van der Waals surface area contributed by atoms with Gasteiger partial charge < -0.3 is 15.1 Å². The van der Waals surface area contributed by atoms with E-state index < -0.39 is 0 Å². The third kappa shape index (κ3) is 3.70. The van der Waals surface area contributed by atoms with Crippen LogP contribution in [0.4, 0.5) is 4.79 Å². The van der Waals surface area contributed by atoms with E-state index in [1.54, 1.807) is 16.2 Å². The average Bonchev–Trinajstić information content (AvgIpc) is 2.97. The molecule has 0 bridgehead atoms. The number of nitrogens with one attached hydrogen (secondary N) is 1. The molecule has 0 radical (unpaired) electrons. The van der Waals surface area contributed by atoms with Crippen LogP contribution in [-0.2, 0) is 11.2 Å². The van der Waals surface area contributed by atoms with Crippen molar-refractivity contribution in [3.63, 3.8) is 0 Å². The highest BCUT2D eigenvalue weighted by Gasteiger charge is 2.24. The average molecular weight is 345 g/mol. The fourth-order valence-electron chi connectivity index (χ4n) is 2.94. The molecule has 1 aromatic heterocycles. The van der Waals surface area contributed by atoms with Crippen molar-refractivity contribution < 1.29 is 9.59 Å². The Morgan fingerprint density at radius 3 is 2.50 bits per heavy atom. The second kappa shape index (κ2) is 7.21. The van der Waals surface area contributed by atoms with Crippen LogP contribution in [0.3, 0.4) is 0 Å². The predicted molar refractivity (Wildman–Crippen MR) is 97.3 cm³/mol. The molecule has 1 aliphatic rings. The van der Waals surface area contributed by atoms with Crippen LogP contribution in [0.1, 0.15) is 19.4 Å². The van der Waals surface area contributed by atoms with Crippen LogP contribution in [0.5, 0.6) is 0 Å². The quantitative estimate of drug-likeness (QED) is 0.930. The van der Waals surface area contributed by atoms with E-state index in [4.69, 9.17) is 0 Å². The molecule has 1 aromatic carbocycles. The molecule has 1 fully saturated rings. The molecule has 6 heteroatoms. The Morgan fingerprint density at radius 2 is 1.79 bits per heavy atom. The van der Waals surface area contributed by atoms with E-state index in [1.165, 1.54) is 10.1 Å².